The van der Waals surface area contributed by atoms with Crippen molar-refractivity contribution in [2.75, 3.05) is 0 Å². The fourth-order valence-electron chi connectivity index (χ4n) is 2.65. The minimum Gasteiger partial charge on any atom is -0.273 e. The third kappa shape index (κ3) is 2.97. The van der Waals surface area contributed by atoms with Gasteiger partial charge in [-0.1, -0.05) is 65.3 Å². The fourth-order valence-corrected chi connectivity index (χ4v) is 2.92. The molecule has 3 rings (SSSR count). The molecule has 1 heterocycles. The molecule has 1 aliphatic rings. The predicted octanol–water partition coefficient (Wildman–Crippen LogP) is 4.54. The van der Waals surface area contributed by atoms with Crippen LogP contribution >= 0.6 is 15.9 Å². The van der Waals surface area contributed by atoms with E-state index in [9.17, 15) is 4.79 Å². The van der Waals surface area contributed by atoms with Gasteiger partial charge in [0.25, 0.3) is 0 Å². The smallest absolute Gasteiger partial charge is 0.242 e. The molecule has 2 aromatic rings. The van der Waals surface area contributed by atoms with Crippen LogP contribution in [0.3, 0.4) is 0 Å². The van der Waals surface area contributed by atoms with Gasteiger partial charge in [0.1, 0.15) is 0 Å². The number of hydrogen-bond acceptors (Lipinski definition) is 2. The largest absolute Gasteiger partial charge is 0.273 e. The number of carbonyl (C=O) groups excluding carboxylic acids is 1. The fraction of sp³-hybridized carbons (Fsp3) is 0.222. The molecule has 0 aliphatic carbocycles. The Kier molecular flexibility index (Phi) is 4.39. The average Bonchev–Trinajstić information content (AvgIpc) is 3.01. The molecule has 2 aromatic carbocycles. The summed E-state index contributed by atoms with van der Waals surface area (Å²) < 4.78 is 1.04. The van der Waals surface area contributed by atoms with Gasteiger partial charge >= 0.3 is 0 Å². The lowest BCUT2D eigenvalue weighted by Crippen LogP contribution is -2.26. The maximum absolute atomic E-state index is 12.2. The topological polar surface area (TPSA) is 32.7 Å². The maximum atomic E-state index is 12.2. The lowest BCUT2D eigenvalue weighted by Gasteiger charge is -2.21. The Morgan fingerprint density at radius 1 is 1.18 bits per heavy atom. The van der Waals surface area contributed by atoms with Crippen molar-refractivity contribution < 1.29 is 4.79 Å². The first-order valence-corrected chi connectivity index (χ1v) is 8.18. The van der Waals surface area contributed by atoms with Gasteiger partial charge in [-0.25, -0.2) is 5.01 Å². The zero-order valence-electron chi connectivity index (χ0n) is 12.4. The minimum absolute atomic E-state index is 0.00713. The molecule has 0 radical (unpaired) electrons. The number of amides is 1. The van der Waals surface area contributed by atoms with Crippen molar-refractivity contribution >= 4 is 27.5 Å². The summed E-state index contributed by atoms with van der Waals surface area (Å²) in [6.07, 6.45) is 1.21. The molecule has 0 aromatic heterocycles. The second-order valence-electron chi connectivity index (χ2n) is 5.28. The van der Waals surface area contributed by atoms with Gasteiger partial charge in [0.05, 0.1) is 11.8 Å². The molecule has 22 heavy (non-hydrogen) atoms. The Bertz CT molecular complexity index is 695. The van der Waals surface area contributed by atoms with Gasteiger partial charge < -0.3 is 0 Å². The zero-order valence-corrected chi connectivity index (χ0v) is 14.0. The highest BCUT2D eigenvalue weighted by Gasteiger charge is 2.32. The molecule has 1 atom stereocenters. The molecule has 0 saturated carbocycles. The highest BCUT2D eigenvalue weighted by Crippen LogP contribution is 2.33. The van der Waals surface area contributed by atoms with E-state index in [2.05, 4.69) is 33.2 Å². The van der Waals surface area contributed by atoms with E-state index in [0.717, 1.165) is 27.7 Å². The molecule has 1 amide bonds. The number of hydrazone groups is 1. The summed E-state index contributed by atoms with van der Waals surface area (Å²) in [5.41, 5.74) is 3.15. The summed E-state index contributed by atoms with van der Waals surface area (Å²) in [6.45, 7) is 1.87. The first-order valence-electron chi connectivity index (χ1n) is 7.39. The number of carbonyl (C=O) groups is 1. The van der Waals surface area contributed by atoms with E-state index in [0.29, 0.717) is 6.42 Å². The average molecular weight is 357 g/mol. The molecule has 0 unspecified atom stereocenters. The summed E-state index contributed by atoms with van der Waals surface area (Å²) in [7, 11) is 0. The van der Waals surface area contributed by atoms with E-state index >= 15 is 0 Å². The molecular formula is C18H17BrN2O. The van der Waals surface area contributed by atoms with Gasteiger partial charge in [-0.05, 0) is 23.3 Å². The standard InChI is InChI=1S/C18H17BrN2O/c1-2-18(22)21-17(14-6-4-3-5-7-14)12-16(20-21)13-8-10-15(19)11-9-13/h3-11,17H,2,12H2,1H3/t17-/m0/s1. The second-order valence-corrected chi connectivity index (χ2v) is 6.19. The Morgan fingerprint density at radius 2 is 1.86 bits per heavy atom. The van der Waals surface area contributed by atoms with Gasteiger partial charge in [0.15, 0.2) is 0 Å². The van der Waals surface area contributed by atoms with E-state index in [1.54, 1.807) is 5.01 Å². The van der Waals surface area contributed by atoms with Crippen molar-refractivity contribution in [3.63, 3.8) is 0 Å². The van der Waals surface area contributed by atoms with Gasteiger partial charge in [0.2, 0.25) is 5.91 Å². The van der Waals surface area contributed by atoms with Gasteiger partial charge in [0, 0.05) is 17.3 Å². The molecule has 0 spiro atoms. The van der Waals surface area contributed by atoms with Crippen molar-refractivity contribution in [2.24, 2.45) is 5.10 Å². The molecule has 1 aliphatic heterocycles. The molecule has 0 bridgehead atoms. The quantitative estimate of drug-likeness (QED) is 0.794. The highest BCUT2D eigenvalue weighted by atomic mass is 79.9. The first kappa shape index (κ1) is 15.0. The Balaban J connectivity index is 1.94. The van der Waals surface area contributed by atoms with E-state index in [1.165, 1.54) is 0 Å². The van der Waals surface area contributed by atoms with Crippen LogP contribution in [0.4, 0.5) is 0 Å². The minimum atomic E-state index is -0.00713. The number of rotatable bonds is 3. The van der Waals surface area contributed by atoms with Crippen LogP contribution in [0.25, 0.3) is 0 Å². The molecule has 112 valence electrons. The maximum Gasteiger partial charge on any atom is 0.242 e. The first-order chi connectivity index (χ1) is 10.7. The number of nitrogens with zero attached hydrogens (tertiary/aromatic N) is 2. The molecular weight excluding hydrogens is 340 g/mol. The third-order valence-corrected chi connectivity index (χ3v) is 4.36. The third-order valence-electron chi connectivity index (χ3n) is 3.83. The monoisotopic (exact) mass is 356 g/mol. The Hall–Kier alpha value is -1.94. The van der Waals surface area contributed by atoms with Gasteiger partial charge in [-0.3, -0.25) is 4.79 Å². The van der Waals surface area contributed by atoms with Crippen LogP contribution in [0.5, 0.6) is 0 Å². The van der Waals surface area contributed by atoms with Crippen LogP contribution in [-0.4, -0.2) is 16.6 Å². The predicted molar refractivity (Wildman–Crippen MR) is 91.6 cm³/mol. The van der Waals surface area contributed by atoms with Gasteiger partial charge in [-0.15, -0.1) is 0 Å². The number of benzene rings is 2. The van der Waals surface area contributed by atoms with Crippen molar-refractivity contribution in [3.8, 4) is 0 Å². The SMILES string of the molecule is CCC(=O)N1N=C(c2ccc(Br)cc2)C[C@H]1c1ccccc1. The normalized spacial score (nSPS) is 17.5. The molecule has 0 saturated heterocycles. The summed E-state index contributed by atoms with van der Waals surface area (Å²) in [5.74, 6) is 0.0564. The van der Waals surface area contributed by atoms with E-state index in [1.807, 2.05) is 49.4 Å². The van der Waals surface area contributed by atoms with Crippen LogP contribution in [0.15, 0.2) is 64.2 Å². The van der Waals surface area contributed by atoms with Crippen molar-refractivity contribution in [3.05, 3.63) is 70.2 Å². The second kappa shape index (κ2) is 6.44. The molecule has 0 fully saturated rings. The Labute approximate surface area is 138 Å². The molecule has 3 nitrogen and oxygen atoms in total. The highest BCUT2D eigenvalue weighted by molar-refractivity contribution is 9.10. The van der Waals surface area contributed by atoms with Crippen LogP contribution in [0.2, 0.25) is 0 Å². The lowest BCUT2D eigenvalue weighted by molar-refractivity contribution is -0.132. The van der Waals surface area contributed by atoms with Crippen LogP contribution < -0.4 is 0 Å². The lowest BCUT2D eigenvalue weighted by atomic mass is 9.98. The summed E-state index contributed by atoms with van der Waals surface area (Å²) in [6, 6.07) is 18.2. The molecule has 4 heteroatoms. The van der Waals surface area contributed by atoms with Crippen LogP contribution in [-0.2, 0) is 4.79 Å². The van der Waals surface area contributed by atoms with Crippen LogP contribution in [0, 0.1) is 0 Å². The number of hydrogen-bond donors (Lipinski definition) is 0. The van der Waals surface area contributed by atoms with Crippen molar-refractivity contribution in [2.45, 2.75) is 25.8 Å². The van der Waals surface area contributed by atoms with Crippen molar-refractivity contribution in [1.29, 1.82) is 0 Å². The van der Waals surface area contributed by atoms with E-state index < -0.39 is 0 Å². The summed E-state index contributed by atoms with van der Waals surface area (Å²) in [4.78, 5) is 12.2. The number of halogens is 1. The van der Waals surface area contributed by atoms with E-state index in [-0.39, 0.29) is 11.9 Å². The van der Waals surface area contributed by atoms with E-state index in [4.69, 9.17) is 0 Å². The summed E-state index contributed by atoms with van der Waals surface area (Å²) >= 11 is 3.44. The van der Waals surface area contributed by atoms with Gasteiger partial charge in [-0.2, -0.15) is 5.10 Å². The van der Waals surface area contributed by atoms with Crippen molar-refractivity contribution in [1.82, 2.24) is 5.01 Å². The molecule has 0 N–H and O–H groups in total. The summed E-state index contributed by atoms with van der Waals surface area (Å²) in [5, 5.41) is 6.25. The van der Waals surface area contributed by atoms with Crippen LogP contribution in [0.1, 0.15) is 36.9 Å². The Morgan fingerprint density at radius 3 is 2.50 bits per heavy atom. The zero-order chi connectivity index (χ0) is 15.5.